The molecule has 1 atom stereocenters. The second-order valence-electron chi connectivity index (χ2n) is 6.37. The Kier molecular flexibility index (Phi) is 7.25. The number of ether oxygens (including phenoxy) is 1. The average Bonchev–Trinajstić information content (AvgIpc) is 2.61. The molecule has 1 N–H and O–H groups in total. The maximum Gasteiger partial charge on any atom is 0.265 e. The number of hydrogen-bond donors (Lipinski definition) is 1. The van der Waals surface area contributed by atoms with Gasteiger partial charge in [-0.1, -0.05) is 26.0 Å². The molecule has 2 amide bonds. The van der Waals surface area contributed by atoms with Crippen LogP contribution >= 0.6 is 0 Å². The van der Waals surface area contributed by atoms with Gasteiger partial charge in [-0.2, -0.15) is 0 Å². The van der Waals surface area contributed by atoms with Crippen LogP contribution in [0.25, 0.3) is 0 Å². The molecule has 138 valence electrons. The highest BCUT2D eigenvalue weighted by atomic mass is 16.5. The van der Waals surface area contributed by atoms with Gasteiger partial charge in [-0.05, 0) is 51.5 Å². The van der Waals surface area contributed by atoms with Gasteiger partial charge in [0.25, 0.3) is 5.91 Å². The summed E-state index contributed by atoms with van der Waals surface area (Å²) >= 11 is 0. The van der Waals surface area contributed by atoms with Crippen molar-refractivity contribution in [1.29, 1.82) is 0 Å². The van der Waals surface area contributed by atoms with Gasteiger partial charge in [0.2, 0.25) is 5.91 Å². The Morgan fingerprint density at radius 1 is 1.32 bits per heavy atom. The largest absolute Gasteiger partial charge is 0.482 e. The quantitative estimate of drug-likeness (QED) is 0.743. The van der Waals surface area contributed by atoms with E-state index in [1.165, 1.54) is 4.90 Å². The van der Waals surface area contributed by atoms with Crippen molar-refractivity contribution in [2.45, 2.75) is 39.7 Å². The number of nitrogens with one attached hydrogen (secondary N) is 1. The van der Waals surface area contributed by atoms with E-state index in [1.54, 1.807) is 6.07 Å². The van der Waals surface area contributed by atoms with Crippen LogP contribution in [0.5, 0.6) is 5.75 Å². The summed E-state index contributed by atoms with van der Waals surface area (Å²) in [5, 5.41) is 3.00. The fourth-order valence-corrected chi connectivity index (χ4v) is 3.02. The van der Waals surface area contributed by atoms with Crippen LogP contribution in [0.15, 0.2) is 24.3 Å². The molecule has 1 heterocycles. The van der Waals surface area contributed by atoms with Crippen LogP contribution in [0.4, 0.5) is 5.69 Å². The van der Waals surface area contributed by atoms with Gasteiger partial charge >= 0.3 is 0 Å². The minimum Gasteiger partial charge on any atom is -0.482 e. The minimum atomic E-state index is -0.192. The van der Waals surface area contributed by atoms with Gasteiger partial charge in [0, 0.05) is 6.04 Å². The number of carbonyl (C=O) groups excluding carboxylic acids is 2. The molecule has 0 aliphatic carbocycles. The zero-order valence-corrected chi connectivity index (χ0v) is 15.5. The third kappa shape index (κ3) is 5.46. The number of amides is 2. The van der Waals surface area contributed by atoms with E-state index in [0.717, 1.165) is 32.5 Å². The van der Waals surface area contributed by atoms with Crippen LogP contribution in [0, 0.1) is 0 Å². The molecule has 1 aliphatic rings. The van der Waals surface area contributed by atoms with E-state index in [-0.39, 0.29) is 31.0 Å². The average molecular weight is 347 g/mol. The molecule has 6 nitrogen and oxygen atoms in total. The molecule has 25 heavy (non-hydrogen) atoms. The molecule has 0 fully saturated rings. The van der Waals surface area contributed by atoms with Gasteiger partial charge in [-0.15, -0.1) is 0 Å². The van der Waals surface area contributed by atoms with Crippen LogP contribution in [0.1, 0.15) is 33.6 Å². The van der Waals surface area contributed by atoms with Gasteiger partial charge in [0.1, 0.15) is 12.3 Å². The van der Waals surface area contributed by atoms with Crippen molar-refractivity contribution in [3.63, 3.8) is 0 Å². The molecular formula is C19H29N3O3. The highest BCUT2D eigenvalue weighted by Gasteiger charge is 2.27. The van der Waals surface area contributed by atoms with Crippen LogP contribution in [-0.4, -0.2) is 55.5 Å². The molecule has 0 aromatic heterocycles. The zero-order valence-electron chi connectivity index (χ0n) is 15.5. The molecule has 0 saturated carbocycles. The number of benzene rings is 1. The first-order valence-electron chi connectivity index (χ1n) is 9.09. The molecule has 6 heteroatoms. The van der Waals surface area contributed by atoms with Crippen LogP contribution < -0.4 is 15.0 Å². The lowest BCUT2D eigenvalue weighted by atomic mass is 10.1. The summed E-state index contributed by atoms with van der Waals surface area (Å²) in [5.41, 5.74) is 0.656. The summed E-state index contributed by atoms with van der Waals surface area (Å²) in [6.45, 7) is 9.48. The topological polar surface area (TPSA) is 61.9 Å². The summed E-state index contributed by atoms with van der Waals surface area (Å²) in [5.74, 6) is 0.311. The highest BCUT2D eigenvalue weighted by Crippen LogP contribution is 2.31. The Labute approximate surface area is 150 Å². The standard InChI is InChI=1S/C19H29N3O3/c1-4-21(5-2)12-8-9-15(3)20-18(23)13-22-16-10-6-7-11-17(16)25-14-19(22)24/h6-7,10-11,15H,4-5,8-9,12-14H2,1-3H3,(H,20,23). The van der Waals surface area contributed by atoms with Gasteiger partial charge in [0.05, 0.1) is 5.69 Å². The number of rotatable bonds is 9. The first kappa shape index (κ1) is 19.2. The number of nitrogens with zero attached hydrogens (tertiary/aromatic N) is 2. The fraction of sp³-hybridized carbons (Fsp3) is 0.579. The summed E-state index contributed by atoms with van der Waals surface area (Å²) < 4.78 is 5.40. The summed E-state index contributed by atoms with van der Waals surface area (Å²) in [6, 6.07) is 7.39. The second kappa shape index (κ2) is 9.42. The maximum atomic E-state index is 12.3. The third-order valence-electron chi connectivity index (χ3n) is 4.52. The Bertz CT molecular complexity index is 587. The summed E-state index contributed by atoms with van der Waals surface area (Å²) in [6.07, 6.45) is 1.97. The van der Waals surface area contributed by atoms with E-state index in [9.17, 15) is 9.59 Å². The number of hydrogen-bond acceptors (Lipinski definition) is 4. The lowest BCUT2D eigenvalue weighted by molar-refractivity contribution is -0.125. The van der Waals surface area contributed by atoms with Crippen LogP contribution in [-0.2, 0) is 9.59 Å². The number of carbonyl (C=O) groups is 2. The molecule has 0 radical (unpaired) electrons. The molecule has 1 unspecified atom stereocenters. The highest BCUT2D eigenvalue weighted by molar-refractivity contribution is 6.02. The summed E-state index contributed by atoms with van der Waals surface area (Å²) in [7, 11) is 0. The first-order valence-corrected chi connectivity index (χ1v) is 9.09. The molecule has 2 rings (SSSR count). The Hall–Kier alpha value is -2.08. The van der Waals surface area contributed by atoms with Gasteiger partial charge in [-0.25, -0.2) is 0 Å². The second-order valence-corrected chi connectivity index (χ2v) is 6.37. The molecular weight excluding hydrogens is 318 g/mol. The van der Waals surface area contributed by atoms with Gasteiger partial charge < -0.3 is 15.0 Å². The van der Waals surface area contributed by atoms with Crippen molar-refractivity contribution in [1.82, 2.24) is 10.2 Å². The molecule has 1 aromatic carbocycles. The van der Waals surface area contributed by atoms with E-state index in [1.807, 2.05) is 25.1 Å². The third-order valence-corrected chi connectivity index (χ3v) is 4.52. The Morgan fingerprint density at radius 2 is 2.04 bits per heavy atom. The van der Waals surface area contributed by atoms with Crippen molar-refractivity contribution in [2.24, 2.45) is 0 Å². The van der Waals surface area contributed by atoms with E-state index in [4.69, 9.17) is 4.74 Å². The number of fused-ring (bicyclic) bond motifs is 1. The maximum absolute atomic E-state index is 12.3. The van der Waals surface area contributed by atoms with E-state index < -0.39 is 0 Å². The van der Waals surface area contributed by atoms with Crippen molar-refractivity contribution in [3.8, 4) is 5.75 Å². The molecule has 0 saturated heterocycles. The molecule has 0 bridgehead atoms. The molecule has 1 aromatic rings. The van der Waals surface area contributed by atoms with Crippen molar-refractivity contribution in [3.05, 3.63) is 24.3 Å². The van der Waals surface area contributed by atoms with E-state index in [0.29, 0.717) is 11.4 Å². The Balaban J connectivity index is 1.82. The Morgan fingerprint density at radius 3 is 2.76 bits per heavy atom. The molecule has 0 spiro atoms. The van der Waals surface area contributed by atoms with Crippen molar-refractivity contribution >= 4 is 17.5 Å². The van der Waals surface area contributed by atoms with Crippen molar-refractivity contribution < 1.29 is 14.3 Å². The smallest absolute Gasteiger partial charge is 0.265 e. The fourth-order valence-electron chi connectivity index (χ4n) is 3.02. The summed E-state index contributed by atoms with van der Waals surface area (Å²) in [4.78, 5) is 28.3. The minimum absolute atomic E-state index is 0.0241. The normalized spacial score (nSPS) is 14.9. The zero-order chi connectivity index (χ0) is 18.2. The first-order chi connectivity index (χ1) is 12.0. The van der Waals surface area contributed by atoms with E-state index >= 15 is 0 Å². The SMILES string of the molecule is CCN(CC)CCCC(C)NC(=O)CN1C(=O)COc2ccccc21. The van der Waals surface area contributed by atoms with Gasteiger partial charge in [-0.3, -0.25) is 14.5 Å². The van der Waals surface area contributed by atoms with Crippen LogP contribution in [0.3, 0.4) is 0 Å². The lowest BCUT2D eigenvalue weighted by Crippen LogP contribution is -2.46. The molecule has 1 aliphatic heterocycles. The van der Waals surface area contributed by atoms with Crippen LogP contribution in [0.2, 0.25) is 0 Å². The predicted molar refractivity (Wildman–Crippen MR) is 98.9 cm³/mol. The number of anilines is 1. The predicted octanol–water partition coefficient (Wildman–Crippen LogP) is 2.04. The van der Waals surface area contributed by atoms with E-state index in [2.05, 4.69) is 24.1 Å². The monoisotopic (exact) mass is 347 g/mol. The lowest BCUT2D eigenvalue weighted by Gasteiger charge is -2.29. The number of para-hydroxylation sites is 2. The van der Waals surface area contributed by atoms with Gasteiger partial charge in [0.15, 0.2) is 6.61 Å². The van der Waals surface area contributed by atoms with Crippen molar-refractivity contribution in [2.75, 3.05) is 37.7 Å².